The number of nitrogens with one attached hydrogen (secondary N) is 2. The summed E-state index contributed by atoms with van der Waals surface area (Å²) in [6, 6.07) is 11.0. The lowest BCUT2D eigenvalue weighted by Crippen LogP contribution is -2.40. The van der Waals surface area contributed by atoms with E-state index in [2.05, 4.69) is 15.7 Å². The number of rotatable bonds is 5. The van der Waals surface area contributed by atoms with E-state index in [-0.39, 0.29) is 47.5 Å². The second-order valence-electron chi connectivity index (χ2n) is 9.74. The van der Waals surface area contributed by atoms with E-state index in [1.54, 1.807) is 9.58 Å². The molecule has 9 nitrogen and oxygen atoms in total. The molecule has 1 aliphatic carbocycles. The van der Waals surface area contributed by atoms with E-state index in [9.17, 15) is 14.4 Å². The van der Waals surface area contributed by atoms with Crippen LogP contribution in [0.4, 0.5) is 4.79 Å². The number of ether oxygens (including phenoxy) is 1. The number of benzene rings is 1. The van der Waals surface area contributed by atoms with Crippen LogP contribution in [0.1, 0.15) is 60.3 Å². The molecule has 2 aliphatic rings. The number of likely N-dealkylation sites (tertiary alicyclic amines) is 1. The lowest BCUT2D eigenvalue weighted by molar-refractivity contribution is 0.0269. The van der Waals surface area contributed by atoms with Gasteiger partial charge in [0, 0.05) is 44.1 Å². The van der Waals surface area contributed by atoms with Crippen molar-refractivity contribution in [3.8, 4) is 0 Å². The van der Waals surface area contributed by atoms with Crippen LogP contribution in [-0.2, 0) is 4.74 Å². The standard InChI is InChI=1S/C24H31N5O4/c1-14(15-9-7-6-8-10-15)29-19(11-18(27-29)21(30)25-5)22(31)26-20-16-12-28(13-17(16)20)23(32)33-24(2,3)4/h6-11,14,16-17,20H,12-13H2,1-5H3,(H,25,30)(H,26,31)/t14-,16-,17+,20?/m0/s1. The van der Waals surface area contributed by atoms with Crippen molar-refractivity contribution in [2.24, 2.45) is 11.8 Å². The Hall–Kier alpha value is -3.36. The smallest absolute Gasteiger partial charge is 0.410 e. The number of hydrogen-bond acceptors (Lipinski definition) is 5. The first-order chi connectivity index (χ1) is 15.6. The summed E-state index contributed by atoms with van der Waals surface area (Å²) in [7, 11) is 1.53. The Morgan fingerprint density at radius 1 is 1.09 bits per heavy atom. The fourth-order valence-corrected chi connectivity index (χ4v) is 4.41. The highest BCUT2D eigenvalue weighted by atomic mass is 16.6. The van der Waals surface area contributed by atoms with Crippen LogP contribution < -0.4 is 10.6 Å². The predicted molar refractivity (Wildman–Crippen MR) is 122 cm³/mol. The molecule has 9 heteroatoms. The molecule has 0 radical (unpaired) electrons. The highest BCUT2D eigenvalue weighted by Crippen LogP contribution is 2.46. The molecule has 1 unspecified atom stereocenters. The lowest BCUT2D eigenvalue weighted by atomic mass is 10.1. The third-order valence-corrected chi connectivity index (χ3v) is 6.22. The summed E-state index contributed by atoms with van der Waals surface area (Å²) in [5.41, 5.74) is 0.972. The molecule has 2 N–H and O–H groups in total. The van der Waals surface area contributed by atoms with Crippen LogP contribution in [0.15, 0.2) is 36.4 Å². The minimum absolute atomic E-state index is 0.00461. The molecular formula is C24H31N5O4. The SMILES string of the molecule is CNC(=O)c1cc(C(=O)NC2[C@H]3CN(C(=O)OC(C)(C)C)C[C@@H]23)n([C@@H](C)c2ccccc2)n1. The first kappa shape index (κ1) is 22.8. The fraction of sp³-hybridized carbons (Fsp3) is 0.500. The molecule has 3 amide bonds. The number of nitrogens with zero attached hydrogens (tertiary/aromatic N) is 3. The topological polar surface area (TPSA) is 106 Å². The Morgan fingerprint density at radius 2 is 1.73 bits per heavy atom. The first-order valence-electron chi connectivity index (χ1n) is 11.2. The van der Waals surface area contributed by atoms with Gasteiger partial charge in [0.05, 0.1) is 6.04 Å². The zero-order valence-corrected chi connectivity index (χ0v) is 19.7. The number of aromatic nitrogens is 2. The van der Waals surface area contributed by atoms with Gasteiger partial charge in [0.1, 0.15) is 11.3 Å². The largest absolute Gasteiger partial charge is 0.444 e. The molecule has 33 heavy (non-hydrogen) atoms. The summed E-state index contributed by atoms with van der Waals surface area (Å²) in [6.07, 6.45) is -0.315. The summed E-state index contributed by atoms with van der Waals surface area (Å²) in [6.45, 7) is 8.60. The van der Waals surface area contributed by atoms with Gasteiger partial charge in [-0.1, -0.05) is 30.3 Å². The molecule has 1 saturated carbocycles. The van der Waals surface area contributed by atoms with Gasteiger partial charge >= 0.3 is 6.09 Å². The van der Waals surface area contributed by atoms with Gasteiger partial charge in [0.15, 0.2) is 5.69 Å². The van der Waals surface area contributed by atoms with Crippen molar-refractivity contribution >= 4 is 17.9 Å². The maximum absolute atomic E-state index is 13.2. The molecule has 1 aromatic carbocycles. The molecule has 1 saturated heterocycles. The second kappa shape index (κ2) is 8.53. The molecule has 1 aliphatic heterocycles. The maximum Gasteiger partial charge on any atom is 0.410 e. The monoisotopic (exact) mass is 453 g/mol. The third kappa shape index (κ3) is 4.72. The Kier molecular flexibility index (Phi) is 5.90. The molecular weight excluding hydrogens is 422 g/mol. The van der Waals surface area contributed by atoms with Gasteiger partial charge in [-0.05, 0) is 33.3 Å². The molecule has 176 valence electrons. The van der Waals surface area contributed by atoms with Gasteiger partial charge in [0.2, 0.25) is 0 Å². The molecule has 4 atom stereocenters. The normalized spacial score (nSPS) is 22.3. The van der Waals surface area contributed by atoms with Gasteiger partial charge in [-0.25, -0.2) is 4.79 Å². The summed E-state index contributed by atoms with van der Waals surface area (Å²) in [5, 5.41) is 10.1. The highest BCUT2D eigenvalue weighted by Gasteiger charge is 2.58. The van der Waals surface area contributed by atoms with Crippen molar-refractivity contribution in [1.82, 2.24) is 25.3 Å². The Bertz CT molecular complexity index is 1050. The third-order valence-electron chi connectivity index (χ3n) is 6.22. The number of amides is 3. The first-order valence-corrected chi connectivity index (χ1v) is 11.2. The molecule has 1 aromatic heterocycles. The van der Waals surface area contributed by atoms with Crippen molar-refractivity contribution in [3.05, 3.63) is 53.3 Å². The molecule has 2 fully saturated rings. The molecule has 2 aromatic rings. The Balaban J connectivity index is 1.46. The molecule has 0 spiro atoms. The average molecular weight is 454 g/mol. The van der Waals surface area contributed by atoms with E-state index in [1.807, 2.05) is 58.0 Å². The number of carbonyl (C=O) groups excluding carboxylic acids is 3. The minimum atomic E-state index is -0.534. The van der Waals surface area contributed by atoms with Gasteiger partial charge in [-0.15, -0.1) is 0 Å². The van der Waals surface area contributed by atoms with Crippen molar-refractivity contribution in [3.63, 3.8) is 0 Å². The zero-order chi connectivity index (χ0) is 23.9. The van der Waals surface area contributed by atoms with E-state index in [1.165, 1.54) is 13.1 Å². The van der Waals surface area contributed by atoms with Gasteiger partial charge in [-0.2, -0.15) is 5.10 Å². The summed E-state index contributed by atoms with van der Waals surface area (Å²) >= 11 is 0. The number of piperidine rings is 1. The van der Waals surface area contributed by atoms with E-state index in [4.69, 9.17) is 4.74 Å². The molecule has 2 heterocycles. The Labute approximate surface area is 193 Å². The van der Waals surface area contributed by atoms with Crippen molar-refractivity contribution in [1.29, 1.82) is 0 Å². The van der Waals surface area contributed by atoms with E-state index < -0.39 is 5.60 Å². The van der Waals surface area contributed by atoms with Crippen LogP contribution >= 0.6 is 0 Å². The maximum atomic E-state index is 13.2. The van der Waals surface area contributed by atoms with Crippen LogP contribution in [0.3, 0.4) is 0 Å². The summed E-state index contributed by atoms with van der Waals surface area (Å²) in [5.74, 6) is -0.200. The predicted octanol–water partition coefficient (Wildman–Crippen LogP) is 2.45. The molecule has 0 bridgehead atoms. The number of hydrogen-bond donors (Lipinski definition) is 2. The molecule has 4 rings (SSSR count). The van der Waals surface area contributed by atoms with E-state index in [0.717, 1.165) is 5.56 Å². The summed E-state index contributed by atoms with van der Waals surface area (Å²) < 4.78 is 7.04. The van der Waals surface area contributed by atoms with Gasteiger partial charge in [-0.3, -0.25) is 14.3 Å². The minimum Gasteiger partial charge on any atom is -0.444 e. The van der Waals surface area contributed by atoms with Crippen molar-refractivity contribution in [2.75, 3.05) is 20.1 Å². The highest BCUT2D eigenvalue weighted by molar-refractivity contribution is 5.98. The van der Waals surface area contributed by atoms with Crippen molar-refractivity contribution < 1.29 is 19.1 Å². The van der Waals surface area contributed by atoms with Gasteiger partial charge < -0.3 is 20.3 Å². The lowest BCUT2D eigenvalue weighted by Gasteiger charge is -2.26. The van der Waals surface area contributed by atoms with Crippen LogP contribution in [-0.4, -0.2) is 64.4 Å². The average Bonchev–Trinajstić information content (AvgIpc) is 3.16. The number of carbonyl (C=O) groups is 3. The van der Waals surface area contributed by atoms with Crippen LogP contribution in [0.2, 0.25) is 0 Å². The zero-order valence-electron chi connectivity index (χ0n) is 19.7. The van der Waals surface area contributed by atoms with E-state index in [0.29, 0.717) is 18.8 Å². The fourth-order valence-electron chi connectivity index (χ4n) is 4.41. The second-order valence-corrected chi connectivity index (χ2v) is 9.74. The quantitative estimate of drug-likeness (QED) is 0.724. The summed E-state index contributed by atoms with van der Waals surface area (Å²) in [4.78, 5) is 39.4. The van der Waals surface area contributed by atoms with Crippen LogP contribution in [0, 0.1) is 11.8 Å². The Morgan fingerprint density at radius 3 is 2.30 bits per heavy atom. The van der Waals surface area contributed by atoms with E-state index >= 15 is 0 Å². The van der Waals surface area contributed by atoms with Crippen molar-refractivity contribution in [2.45, 2.75) is 45.4 Å². The van der Waals surface area contributed by atoms with Crippen LogP contribution in [0.25, 0.3) is 0 Å². The number of fused-ring (bicyclic) bond motifs is 1. The van der Waals surface area contributed by atoms with Crippen LogP contribution in [0.5, 0.6) is 0 Å². The van der Waals surface area contributed by atoms with Gasteiger partial charge in [0.25, 0.3) is 11.8 Å².